The van der Waals surface area contributed by atoms with Crippen LogP contribution in [0.4, 0.5) is 4.39 Å². The summed E-state index contributed by atoms with van der Waals surface area (Å²) in [6.45, 7) is 3.17. The topological polar surface area (TPSA) is 45.7 Å². The number of benzene rings is 2. The van der Waals surface area contributed by atoms with Crippen LogP contribution in [-0.4, -0.2) is 20.1 Å². The number of nitrogens with zero attached hydrogens (tertiary/aromatic N) is 1. The molecule has 0 atom stereocenters. The minimum atomic E-state index is -0.235. The van der Waals surface area contributed by atoms with Gasteiger partial charge in [-0.05, 0) is 41.8 Å². The fourth-order valence-corrected chi connectivity index (χ4v) is 2.29. The molecule has 2 N–H and O–H groups in total. The van der Waals surface area contributed by atoms with Crippen molar-refractivity contribution in [2.45, 2.75) is 20.0 Å². The van der Waals surface area contributed by atoms with E-state index < -0.39 is 0 Å². The molecule has 2 aromatic carbocycles. The van der Waals surface area contributed by atoms with Gasteiger partial charge in [0.25, 0.3) is 0 Å². The Bertz CT molecular complexity index is 692. The minimum Gasteiger partial charge on any atom is -0.496 e. The third-order valence-electron chi connectivity index (χ3n) is 3.49. The summed E-state index contributed by atoms with van der Waals surface area (Å²) in [4.78, 5) is 4.17. The normalized spacial score (nSPS) is 10.8. The summed E-state index contributed by atoms with van der Waals surface area (Å²) in [5.74, 6) is 1.31. The fraction of sp³-hybridized carbons (Fsp3) is 0.278. The Kier molecular flexibility index (Phi) is 8.53. The van der Waals surface area contributed by atoms with Gasteiger partial charge in [0.1, 0.15) is 11.6 Å². The number of guanidine groups is 1. The largest absolute Gasteiger partial charge is 0.496 e. The lowest BCUT2D eigenvalue weighted by Crippen LogP contribution is -2.36. The number of aryl methyl sites for hydroxylation is 1. The van der Waals surface area contributed by atoms with E-state index in [1.165, 1.54) is 12.1 Å². The van der Waals surface area contributed by atoms with Crippen LogP contribution in [0.3, 0.4) is 0 Å². The molecule has 0 radical (unpaired) electrons. The molecule has 0 fully saturated rings. The Morgan fingerprint density at radius 1 is 1.08 bits per heavy atom. The van der Waals surface area contributed by atoms with Crippen molar-refractivity contribution in [3.63, 3.8) is 0 Å². The van der Waals surface area contributed by atoms with Gasteiger partial charge in [0, 0.05) is 20.1 Å². The first-order valence-corrected chi connectivity index (χ1v) is 7.45. The third-order valence-corrected chi connectivity index (χ3v) is 3.49. The molecule has 0 saturated carbocycles. The van der Waals surface area contributed by atoms with E-state index in [1.54, 1.807) is 20.2 Å². The maximum Gasteiger partial charge on any atom is 0.191 e. The zero-order chi connectivity index (χ0) is 16.7. The van der Waals surface area contributed by atoms with E-state index in [-0.39, 0.29) is 29.8 Å². The molecule has 0 aliphatic heterocycles. The number of ether oxygens (including phenoxy) is 1. The SMILES string of the molecule is CN=C(NCc1cccc(F)c1)NCc1ccc(OC)c(C)c1.I. The number of nitrogens with one attached hydrogen (secondary N) is 2. The summed E-state index contributed by atoms with van der Waals surface area (Å²) in [5, 5.41) is 6.41. The molecular weight excluding hydrogens is 420 g/mol. The van der Waals surface area contributed by atoms with Crippen LogP contribution < -0.4 is 15.4 Å². The smallest absolute Gasteiger partial charge is 0.191 e. The minimum absolute atomic E-state index is 0. The second-order valence-corrected chi connectivity index (χ2v) is 5.21. The highest BCUT2D eigenvalue weighted by atomic mass is 127. The number of methoxy groups -OCH3 is 1. The fourth-order valence-electron chi connectivity index (χ4n) is 2.29. The van der Waals surface area contributed by atoms with Gasteiger partial charge in [-0.2, -0.15) is 0 Å². The average molecular weight is 443 g/mol. The van der Waals surface area contributed by atoms with Gasteiger partial charge in [0.2, 0.25) is 0 Å². The number of hydrogen-bond acceptors (Lipinski definition) is 2. The van der Waals surface area contributed by atoms with Crippen molar-refractivity contribution in [2.75, 3.05) is 14.2 Å². The van der Waals surface area contributed by atoms with Crippen LogP contribution in [0.15, 0.2) is 47.5 Å². The second kappa shape index (κ2) is 10.1. The number of halogens is 2. The van der Waals surface area contributed by atoms with Gasteiger partial charge in [0.05, 0.1) is 7.11 Å². The van der Waals surface area contributed by atoms with Gasteiger partial charge < -0.3 is 15.4 Å². The molecule has 0 aromatic heterocycles. The summed E-state index contributed by atoms with van der Waals surface area (Å²) in [7, 11) is 3.37. The zero-order valence-corrected chi connectivity index (χ0v) is 16.4. The van der Waals surface area contributed by atoms with Crippen LogP contribution in [-0.2, 0) is 13.1 Å². The standard InChI is InChI=1S/C18H22FN3O.HI/c1-13-9-15(7-8-17(13)23-3)12-22-18(20-2)21-11-14-5-4-6-16(19)10-14;/h4-10H,11-12H2,1-3H3,(H2,20,21,22);1H. The van der Waals surface area contributed by atoms with Crippen molar-refractivity contribution in [3.05, 3.63) is 65.0 Å². The lowest BCUT2D eigenvalue weighted by molar-refractivity contribution is 0.411. The van der Waals surface area contributed by atoms with Crippen molar-refractivity contribution in [3.8, 4) is 5.75 Å². The maximum atomic E-state index is 13.2. The van der Waals surface area contributed by atoms with E-state index in [2.05, 4.69) is 21.7 Å². The Labute approximate surface area is 159 Å². The molecule has 2 aromatic rings. The predicted octanol–water partition coefficient (Wildman–Crippen LogP) is 3.63. The third kappa shape index (κ3) is 5.99. The highest BCUT2D eigenvalue weighted by molar-refractivity contribution is 14.0. The zero-order valence-electron chi connectivity index (χ0n) is 14.1. The molecular formula is C18H23FIN3O. The molecule has 2 rings (SSSR count). The number of rotatable bonds is 5. The van der Waals surface area contributed by atoms with Crippen LogP contribution in [0.2, 0.25) is 0 Å². The van der Waals surface area contributed by atoms with E-state index in [9.17, 15) is 4.39 Å². The quantitative estimate of drug-likeness (QED) is 0.422. The van der Waals surface area contributed by atoms with Crippen LogP contribution in [0.5, 0.6) is 5.75 Å². The van der Waals surface area contributed by atoms with E-state index in [0.29, 0.717) is 19.0 Å². The predicted molar refractivity (Wildman–Crippen MR) is 107 cm³/mol. The van der Waals surface area contributed by atoms with Crippen molar-refractivity contribution in [1.82, 2.24) is 10.6 Å². The van der Waals surface area contributed by atoms with E-state index >= 15 is 0 Å². The van der Waals surface area contributed by atoms with E-state index in [0.717, 1.165) is 22.4 Å². The average Bonchev–Trinajstić information content (AvgIpc) is 2.55. The van der Waals surface area contributed by atoms with Crippen molar-refractivity contribution < 1.29 is 9.13 Å². The van der Waals surface area contributed by atoms with E-state index in [1.807, 2.05) is 25.1 Å². The summed E-state index contributed by atoms with van der Waals surface area (Å²) < 4.78 is 18.4. The number of aliphatic imine (C=N–C) groups is 1. The maximum absolute atomic E-state index is 13.2. The lowest BCUT2D eigenvalue weighted by atomic mass is 10.1. The van der Waals surface area contributed by atoms with Crippen LogP contribution in [0.25, 0.3) is 0 Å². The molecule has 0 bridgehead atoms. The summed E-state index contributed by atoms with van der Waals surface area (Å²) >= 11 is 0. The number of hydrogen-bond donors (Lipinski definition) is 2. The summed E-state index contributed by atoms with van der Waals surface area (Å²) in [6.07, 6.45) is 0. The first-order chi connectivity index (χ1) is 11.1. The molecule has 0 aliphatic rings. The Balaban J connectivity index is 0.00000288. The van der Waals surface area contributed by atoms with Gasteiger partial charge in [-0.15, -0.1) is 24.0 Å². The van der Waals surface area contributed by atoms with Gasteiger partial charge >= 0.3 is 0 Å². The molecule has 6 heteroatoms. The monoisotopic (exact) mass is 443 g/mol. The molecule has 0 unspecified atom stereocenters. The van der Waals surface area contributed by atoms with Gasteiger partial charge in [-0.25, -0.2) is 4.39 Å². The molecule has 0 heterocycles. The van der Waals surface area contributed by atoms with Gasteiger partial charge in [-0.3, -0.25) is 4.99 Å². The summed E-state index contributed by atoms with van der Waals surface area (Å²) in [6, 6.07) is 12.5. The van der Waals surface area contributed by atoms with Gasteiger partial charge in [-0.1, -0.05) is 24.3 Å². The molecule has 0 spiro atoms. The molecule has 0 aliphatic carbocycles. The van der Waals surface area contributed by atoms with Crippen LogP contribution in [0, 0.1) is 12.7 Å². The Hall–Kier alpha value is -1.83. The van der Waals surface area contributed by atoms with Gasteiger partial charge in [0.15, 0.2) is 5.96 Å². The molecule has 0 amide bonds. The Morgan fingerprint density at radius 2 is 1.75 bits per heavy atom. The molecule has 24 heavy (non-hydrogen) atoms. The van der Waals surface area contributed by atoms with Crippen LogP contribution in [0.1, 0.15) is 16.7 Å². The highest BCUT2D eigenvalue weighted by Gasteiger charge is 2.02. The summed E-state index contributed by atoms with van der Waals surface area (Å²) in [5.41, 5.74) is 3.10. The molecule has 130 valence electrons. The van der Waals surface area contributed by atoms with Crippen molar-refractivity contribution >= 4 is 29.9 Å². The lowest BCUT2D eigenvalue weighted by Gasteiger charge is -2.13. The highest BCUT2D eigenvalue weighted by Crippen LogP contribution is 2.18. The molecule has 4 nitrogen and oxygen atoms in total. The van der Waals surface area contributed by atoms with E-state index in [4.69, 9.17) is 4.74 Å². The Morgan fingerprint density at radius 3 is 2.29 bits per heavy atom. The first-order valence-electron chi connectivity index (χ1n) is 7.45. The second-order valence-electron chi connectivity index (χ2n) is 5.21. The van der Waals surface area contributed by atoms with Crippen molar-refractivity contribution in [1.29, 1.82) is 0 Å². The molecule has 0 saturated heterocycles. The van der Waals surface area contributed by atoms with Crippen molar-refractivity contribution in [2.24, 2.45) is 4.99 Å². The van der Waals surface area contributed by atoms with Crippen LogP contribution >= 0.6 is 24.0 Å². The first kappa shape index (κ1) is 20.2.